The number of carbonyl (C=O) groups is 2. The van der Waals surface area contributed by atoms with Crippen molar-refractivity contribution in [3.05, 3.63) is 35.9 Å². The number of hydrogen-bond acceptors (Lipinski definition) is 5. The Balaban J connectivity index is 1.00. The van der Waals surface area contributed by atoms with Crippen LogP contribution in [0.25, 0.3) is 0 Å². The first kappa shape index (κ1) is 31.7. The zero-order chi connectivity index (χ0) is 32.0. The number of nitrogens with two attached hydrogens (primary N) is 1. The lowest BCUT2D eigenvalue weighted by atomic mass is 9.37. The molecular weight excluding hydrogens is 558 g/mol. The summed E-state index contributed by atoms with van der Waals surface area (Å²) < 4.78 is 12.2. The zero-order valence-electron chi connectivity index (χ0n) is 28.9. The second kappa shape index (κ2) is 10.8. The third-order valence-corrected chi connectivity index (χ3v) is 15.9. The van der Waals surface area contributed by atoms with E-state index in [-0.39, 0.29) is 47.4 Å². The molecule has 11 atom stereocenters. The van der Waals surface area contributed by atoms with Gasteiger partial charge >= 0.3 is 11.9 Å². The lowest BCUT2D eigenvalue weighted by molar-refractivity contribution is -0.217. The second-order valence-corrected chi connectivity index (χ2v) is 18.3. The van der Waals surface area contributed by atoms with Gasteiger partial charge in [-0.2, -0.15) is 0 Å². The van der Waals surface area contributed by atoms with Gasteiger partial charge < -0.3 is 15.2 Å². The Bertz CT molecular complexity index is 1310. The maximum atomic E-state index is 13.7. The lowest BCUT2D eigenvalue weighted by Crippen LogP contribution is -2.64. The zero-order valence-corrected chi connectivity index (χ0v) is 28.9. The van der Waals surface area contributed by atoms with Crippen LogP contribution in [-0.4, -0.2) is 23.6 Å². The largest absolute Gasteiger partial charge is 0.462 e. The Morgan fingerprint density at radius 3 is 2.07 bits per heavy atom. The van der Waals surface area contributed by atoms with Gasteiger partial charge in [-0.1, -0.05) is 78.3 Å². The number of fused-ring (bicyclic) bond motifs is 7. The molecule has 0 spiro atoms. The monoisotopic (exact) mass is 617 g/mol. The third-order valence-electron chi connectivity index (χ3n) is 15.9. The Morgan fingerprint density at radius 1 is 0.711 bits per heavy atom. The molecular formula is C40H59NO4. The summed E-state index contributed by atoms with van der Waals surface area (Å²) in [6, 6.07) is 9.78. The highest BCUT2D eigenvalue weighted by Gasteiger charge is 2.66. The smallest absolute Gasteiger partial charge is 0.309 e. The minimum absolute atomic E-state index is 0.0717. The molecule has 6 aliphatic carbocycles. The average Bonchev–Trinajstić information content (AvgIpc) is 3.39. The third kappa shape index (κ3) is 4.78. The van der Waals surface area contributed by atoms with Crippen molar-refractivity contribution in [1.82, 2.24) is 0 Å². The van der Waals surface area contributed by atoms with Gasteiger partial charge in [-0.3, -0.25) is 9.59 Å². The summed E-state index contributed by atoms with van der Waals surface area (Å²) >= 11 is 0. The normalized spacial score (nSPS) is 45.9. The molecule has 0 bridgehead atoms. The van der Waals surface area contributed by atoms with Crippen LogP contribution in [0.5, 0.6) is 0 Å². The highest BCUT2D eigenvalue weighted by atomic mass is 16.5. The summed E-state index contributed by atoms with van der Waals surface area (Å²) in [4.78, 5) is 26.7. The molecule has 0 aromatic heterocycles. The van der Waals surface area contributed by atoms with E-state index in [2.05, 4.69) is 27.7 Å². The molecule has 2 N–H and O–H groups in total. The summed E-state index contributed by atoms with van der Waals surface area (Å²) in [7, 11) is 0. The highest BCUT2D eigenvalue weighted by Crippen LogP contribution is 2.71. The maximum Gasteiger partial charge on any atom is 0.309 e. The molecule has 6 saturated carbocycles. The van der Waals surface area contributed by atoms with Gasteiger partial charge in [0.1, 0.15) is 12.7 Å². The van der Waals surface area contributed by atoms with Gasteiger partial charge in [0.05, 0.1) is 11.8 Å². The first-order chi connectivity index (χ1) is 21.2. The van der Waals surface area contributed by atoms with Gasteiger partial charge in [0.2, 0.25) is 0 Å². The molecule has 5 heteroatoms. The van der Waals surface area contributed by atoms with Crippen LogP contribution in [0.2, 0.25) is 0 Å². The van der Waals surface area contributed by atoms with Gasteiger partial charge in [-0.15, -0.1) is 0 Å². The number of ether oxygens (including phenoxy) is 2. The SMILES string of the molecule is CC1(C)C(C(=O)OCc2ccccc2)CC1C(=O)OC1CCC2(C)C3CCC4C5CCCC5(N)CC[C@@]4(C)C3CCC2C1(C)C. The number of esters is 2. The first-order valence-electron chi connectivity index (χ1n) is 18.4. The molecule has 248 valence electrons. The molecule has 6 fully saturated rings. The molecule has 0 heterocycles. The minimum Gasteiger partial charge on any atom is -0.462 e. The Labute approximate surface area is 272 Å². The van der Waals surface area contributed by atoms with Crippen molar-refractivity contribution in [2.24, 2.45) is 68.8 Å². The van der Waals surface area contributed by atoms with Gasteiger partial charge in [0.25, 0.3) is 0 Å². The molecule has 0 aliphatic heterocycles. The molecule has 45 heavy (non-hydrogen) atoms. The molecule has 0 amide bonds. The number of hydrogen-bond donors (Lipinski definition) is 1. The lowest BCUT2D eigenvalue weighted by Gasteiger charge is -2.68. The molecule has 5 nitrogen and oxygen atoms in total. The van der Waals surface area contributed by atoms with Crippen LogP contribution in [-0.2, 0) is 25.7 Å². The van der Waals surface area contributed by atoms with Gasteiger partial charge in [-0.25, -0.2) is 0 Å². The average molecular weight is 618 g/mol. The second-order valence-electron chi connectivity index (χ2n) is 18.3. The van der Waals surface area contributed by atoms with Crippen LogP contribution in [0, 0.1) is 63.1 Å². The fraction of sp³-hybridized carbons (Fsp3) is 0.800. The first-order valence-corrected chi connectivity index (χ1v) is 18.4. The van der Waals surface area contributed by atoms with Crippen LogP contribution >= 0.6 is 0 Å². The quantitative estimate of drug-likeness (QED) is 0.335. The molecule has 1 aromatic rings. The van der Waals surface area contributed by atoms with Crippen LogP contribution in [0.3, 0.4) is 0 Å². The topological polar surface area (TPSA) is 78.6 Å². The summed E-state index contributed by atoms with van der Waals surface area (Å²) in [6.07, 6.45) is 14.2. The van der Waals surface area contributed by atoms with Crippen molar-refractivity contribution in [2.75, 3.05) is 0 Å². The highest BCUT2D eigenvalue weighted by molar-refractivity contribution is 5.82. The number of carbonyl (C=O) groups excluding carboxylic acids is 2. The Kier molecular flexibility index (Phi) is 7.63. The maximum absolute atomic E-state index is 13.7. The van der Waals surface area contributed by atoms with E-state index in [9.17, 15) is 9.59 Å². The Morgan fingerprint density at radius 2 is 1.36 bits per heavy atom. The van der Waals surface area contributed by atoms with Crippen LogP contribution in [0.1, 0.15) is 124 Å². The van der Waals surface area contributed by atoms with E-state index in [1.807, 2.05) is 44.2 Å². The van der Waals surface area contributed by atoms with E-state index in [1.54, 1.807) is 0 Å². The summed E-state index contributed by atoms with van der Waals surface area (Å²) in [6.45, 7) is 14.4. The molecule has 6 aliphatic rings. The fourth-order valence-corrected chi connectivity index (χ4v) is 13.1. The molecule has 1 aromatic carbocycles. The number of rotatable bonds is 5. The standard InChI is InChI=1S/C40H59NO4/c1-36(2)30(34(42)44-24-25-11-8-7-9-12-25)23-31(36)35(43)45-33-18-20-39(6)27-14-15-28-29-13-10-19-40(29,41)22-21-38(28,5)26(27)16-17-32(39)37(33,3)4/h7-9,11-12,26-33H,10,13-24,41H2,1-6H3/t26?,27?,28?,29?,30?,31?,32?,33?,38-,39?,40?/m0/s1. The summed E-state index contributed by atoms with van der Waals surface area (Å²) in [5.74, 6) is 2.78. The molecule has 10 unspecified atom stereocenters. The van der Waals surface area contributed by atoms with E-state index in [4.69, 9.17) is 15.2 Å². The van der Waals surface area contributed by atoms with Crippen molar-refractivity contribution in [3.8, 4) is 0 Å². The van der Waals surface area contributed by atoms with Crippen molar-refractivity contribution >= 4 is 11.9 Å². The van der Waals surface area contributed by atoms with E-state index in [0.29, 0.717) is 23.2 Å². The predicted molar refractivity (Wildman–Crippen MR) is 177 cm³/mol. The predicted octanol–water partition coefficient (Wildman–Crippen LogP) is 8.48. The van der Waals surface area contributed by atoms with Crippen molar-refractivity contribution < 1.29 is 19.1 Å². The minimum atomic E-state index is -0.468. The van der Waals surface area contributed by atoms with Crippen LogP contribution < -0.4 is 5.73 Å². The molecule has 0 radical (unpaired) electrons. The van der Waals surface area contributed by atoms with Crippen molar-refractivity contribution in [2.45, 2.75) is 137 Å². The summed E-state index contributed by atoms with van der Waals surface area (Å²) in [5.41, 5.74) is 8.34. The van der Waals surface area contributed by atoms with Crippen molar-refractivity contribution in [3.63, 3.8) is 0 Å². The molecule has 0 saturated heterocycles. The van der Waals surface area contributed by atoms with E-state index in [0.717, 1.165) is 42.1 Å². The van der Waals surface area contributed by atoms with Crippen LogP contribution in [0.4, 0.5) is 0 Å². The molecule has 7 rings (SSSR count). The van der Waals surface area contributed by atoms with E-state index < -0.39 is 5.41 Å². The van der Waals surface area contributed by atoms with Crippen LogP contribution in [0.15, 0.2) is 30.3 Å². The van der Waals surface area contributed by atoms with Gasteiger partial charge in [-0.05, 0) is 122 Å². The fourth-order valence-electron chi connectivity index (χ4n) is 13.1. The van der Waals surface area contributed by atoms with E-state index in [1.165, 1.54) is 57.8 Å². The van der Waals surface area contributed by atoms with Gasteiger partial charge in [0.15, 0.2) is 0 Å². The van der Waals surface area contributed by atoms with Gasteiger partial charge in [0, 0.05) is 11.0 Å². The Hall–Kier alpha value is -1.88. The summed E-state index contributed by atoms with van der Waals surface area (Å²) in [5, 5.41) is 0. The van der Waals surface area contributed by atoms with Crippen molar-refractivity contribution in [1.29, 1.82) is 0 Å². The number of benzene rings is 1. The van der Waals surface area contributed by atoms with E-state index >= 15 is 0 Å².